The fourth-order valence-electron chi connectivity index (χ4n) is 6.16. The predicted octanol–water partition coefficient (Wildman–Crippen LogP) is 11.0. The molecule has 0 saturated heterocycles. The number of benzene rings is 6. The lowest BCUT2D eigenvalue weighted by Gasteiger charge is -2.15. The molecule has 202 valence electrons. The molecule has 6 aromatic carbocycles. The minimum Gasteiger partial charge on any atom is -0.192 e. The lowest BCUT2D eigenvalue weighted by Crippen LogP contribution is -1.91. The highest BCUT2D eigenvalue weighted by molar-refractivity contribution is 7.26. The Morgan fingerprint density at radius 3 is 1.64 bits per heavy atom. The number of hydrogen-bond acceptors (Lipinski definition) is 5. The molecule has 0 aliphatic rings. The molecule has 0 bridgehead atoms. The van der Waals surface area contributed by atoms with Crippen molar-refractivity contribution in [3.05, 3.63) is 132 Å². The van der Waals surface area contributed by atoms with Crippen LogP contribution < -0.4 is 0 Å². The number of hydrogen-bond donors (Lipinski definition) is 0. The Labute approximate surface area is 261 Å². The average molecular weight is 594 g/mol. The van der Waals surface area contributed by atoms with Gasteiger partial charge in [-0.1, -0.05) is 66.7 Å². The van der Waals surface area contributed by atoms with Gasteiger partial charge in [-0.2, -0.15) is 15.8 Å². The van der Waals surface area contributed by atoms with Crippen molar-refractivity contribution in [1.82, 2.24) is 0 Å². The van der Waals surface area contributed by atoms with E-state index in [-0.39, 0.29) is 0 Å². The Bertz CT molecular complexity index is 2600. The van der Waals surface area contributed by atoms with Crippen molar-refractivity contribution >= 4 is 63.0 Å². The average Bonchev–Trinajstić information content (AvgIpc) is 3.65. The summed E-state index contributed by atoms with van der Waals surface area (Å²) in [5.74, 6) is 0. The summed E-state index contributed by atoms with van der Waals surface area (Å²) in [5.41, 5.74) is 8.14. The standard InChI is InChI=1S/C39H19N3S2/c40-20-23-11-15-36-34(17-23)31-9-3-7-28(38(31)43-36)25-13-14-29(33(19-25)27-6-2-1-5-26(27)22-42)30-8-4-10-32-35-18-24(21-41)12-16-37(35)44-39(30)32/h1-19H. The van der Waals surface area contributed by atoms with Crippen LogP contribution in [0.3, 0.4) is 0 Å². The zero-order valence-corrected chi connectivity index (χ0v) is 24.8. The van der Waals surface area contributed by atoms with Gasteiger partial charge in [-0.05, 0) is 70.8 Å². The summed E-state index contributed by atoms with van der Waals surface area (Å²) in [6, 6.07) is 45.7. The van der Waals surface area contributed by atoms with Crippen LogP contribution in [0.2, 0.25) is 0 Å². The highest BCUT2D eigenvalue weighted by atomic mass is 32.1. The minimum atomic E-state index is 0.622. The molecule has 5 heteroatoms. The third-order valence-corrected chi connectivity index (χ3v) is 10.6. The topological polar surface area (TPSA) is 71.4 Å². The maximum atomic E-state index is 10.1. The highest BCUT2D eigenvalue weighted by Crippen LogP contribution is 2.46. The molecule has 44 heavy (non-hydrogen) atoms. The van der Waals surface area contributed by atoms with Crippen molar-refractivity contribution in [2.24, 2.45) is 0 Å². The normalized spacial score (nSPS) is 11.1. The van der Waals surface area contributed by atoms with E-state index in [4.69, 9.17) is 0 Å². The van der Waals surface area contributed by atoms with E-state index in [9.17, 15) is 15.8 Å². The van der Waals surface area contributed by atoms with Gasteiger partial charge >= 0.3 is 0 Å². The molecule has 2 aromatic heterocycles. The molecule has 0 aliphatic carbocycles. The minimum absolute atomic E-state index is 0.622. The Kier molecular flexibility index (Phi) is 6.00. The molecule has 0 amide bonds. The van der Waals surface area contributed by atoms with E-state index in [1.807, 2.05) is 60.7 Å². The first-order chi connectivity index (χ1) is 21.7. The van der Waals surface area contributed by atoms with Crippen LogP contribution >= 0.6 is 22.7 Å². The zero-order valence-electron chi connectivity index (χ0n) is 23.1. The zero-order chi connectivity index (χ0) is 29.8. The SMILES string of the molecule is N#Cc1ccc2sc3c(-c4ccc(-c5cccc6c5sc5ccc(C#N)cc56)c(-c5ccccc5C#N)c4)cccc3c2c1. The number of nitriles is 3. The molecule has 0 aliphatic heterocycles. The fourth-order valence-corrected chi connectivity index (χ4v) is 8.59. The summed E-state index contributed by atoms with van der Waals surface area (Å²) in [5, 5.41) is 33.5. The lowest BCUT2D eigenvalue weighted by molar-refractivity contribution is 1.48. The van der Waals surface area contributed by atoms with E-state index in [1.165, 1.54) is 4.70 Å². The van der Waals surface area contributed by atoms with E-state index >= 15 is 0 Å². The molecular weight excluding hydrogens is 575 g/mol. The van der Waals surface area contributed by atoms with Crippen LogP contribution in [0.1, 0.15) is 16.7 Å². The van der Waals surface area contributed by atoms with Gasteiger partial charge in [0.2, 0.25) is 0 Å². The molecule has 3 nitrogen and oxygen atoms in total. The Hall–Kier alpha value is -5.77. The third-order valence-electron chi connectivity index (χ3n) is 8.21. The lowest BCUT2D eigenvalue weighted by atomic mass is 9.88. The highest BCUT2D eigenvalue weighted by Gasteiger charge is 2.18. The monoisotopic (exact) mass is 593 g/mol. The maximum absolute atomic E-state index is 10.1. The number of fused-ring (bicyclic) bond motifs is 6. The Balaban J connectivity index is 1.40. The second-order valence-corrected chi connectivity index (χ2v) is 12.7. The molecule has 0 N–H and O–H groups in total. The predicted molar refractivity (Wildman–Crippen MR) is 183 cm³/mol. The Morgan fingerprint density at radius 1 is 0.409 bits per heavy atom. The summed E-state index contributed by atoms with van der Waals surface area (Å²) in [6.45, 7) is 0. The van der Waals surface area contributed by atoms with Gasteiger partial charge in [0.05, 0.1) is 34.9 Å². The first-order valence-corrected chi connectivity index (χ1v) is 15.6. The largest absolute Gasteiger partial charge is 0.192 e. The van der Waals surface area contributed by atoms with Crippen LogP contribution in [-0.4, -0.2) is 0 Å². The molecule has 0 radical (unpaired) electrons. The summed E-state index contributed by atoms with van der Waals surface area (Å²) in [4.78, 5) is 0. The molecule has 0 spiro atoms. The van der Waals surface area contributed by atoms with E-state index in [1.54, 1.807) is 22.7 Å². The smallest absolute Gasteiger partial charge is 0.0998 e. The molecule has 8 rings (SSSR count). The fraction of sp³-hybridized carbons (Fsp3) is 0. The van der Waals surface area contributed by atoms with Gasteiger partial charge in [0.1, 0.15) is 0 Å². The molecule has 0 atom stereocenters. The van der Waals surface area contributed by atoms with Crippen molar-refractivity contribution in [2.75, 3.05) is 0 Å². The van der Waals surface area contributed by atoms with E-state index < -0.39 is 0 Å². The van der Waals surface area contributed by atoms with E-state index in [0.29, 0.717) is 16.7 Å². The molecule has 0 fully saturated rings. The number of rotatable bonds is 3. The van der Waals surface area contributed by atoms with Gasteiger partial charge in [0.15, 0.2) is 0 Å². The Morgan fingerprint density at radius 2 is 1.00 bits per heavy atom. The number of thiophene rings is 2. The molecule has 0 saturated carbocycles. The molecular formula is C39H19N3S2. The second kappa shape index (κ2) is 10.2. The molecule has 2 heterocycles. The van der Waals surface area contributed by atoms with Crippen LogP contribution in [0.4, 0.5) is 0 Å². The van der Waals surface area contributed by atoms with Gasteiger partial charge < -0.3 is 0 Å². The first-order valence-electron chi connectivity index (χ1n) is 14.0. The van der Waals surface area contributed by atoms with Gasteiger partial charge in [0.25, 0.3) is 0 Å². The van der Waals surface area contributed by atoms with Crippen molar-refractivity contribution in [2.45, 2.75) is 0 Å². The van der Waals surface area contributed by atoms with Gasteiger partial charge in [-0.3, -0.25) is 0 Å². The van der Waals surface area contributed by atoms with Crippen molar-refractivity contribution in [1.29, 1.82) is 15.8 Å². The van der Waals surface area contributed by atoms with Crippen molar-refractivity contribution in [3.63, 3.8) is 0 Å². The van der Waals surface area contributed by atoms with Gasteiger partial charge in [-0.25, -0.2) is 0 Å². The van der Waals surface area contributed by atoms with Crippen LogP contribution in [0, 0.1) is 34.0 Å². The van der Waals surface area contributed by atoms with Crippen molar-refractivity contribution < 1.29 is 0 Å². The summed E-state index contributed by atoms with van der Waals surface area (Å²) in [6.07, 6.45) is 0. The second-order valence-electron chi connectivity index (χ2n) is 10.6. The summed E-state index contributed by atoms with van der Waals surface area (Å²) >= 11 is 3.46. The van der Waals surface area contributed by atoms with E-state index in [0.717, 1.165) is 69.0 Å². The summed E-state index contributed by atoms with van der Waals surface area (Å²) < 4.78 is 4.61. The molecule has 8 aromatic rings. The maximum Gasteiger partial charge on any atom is 0.0998 e. The van der Waals surface area contributed by atoms with Gasteiger partial charge in [-0.15, -0.1) is 22.7 Å². The molecule has 0 unspecified atom stereocenters. The quantitative estimate of drug-likeness (QED) is 0.205. The first kappa shape index (κ1) is 25.9. The summed E-state index contributed by atoms with van der Waals surface area (Å²) in [7, 11) is 0. The van der Waals surface area contributed by atoms with Crippen molar-refractivity contribution in [3.8, 4) is 51.6 Å². The van der Waals surface area contributed by atoms with E-state index in [2.05, 4.69) is 72.8 Å². The van der Waals surface area contributed by atoms with Crippen LogP contribution in [0.15, 0.2) is 115 Å². The van der Waals surface area contributed by atoms with Crippen LogP contribution in [0.5, 0.6) is 0 Å². The van der Waals surface area contributed by atoms with Crippen LogP contribution in [0.25, 0.3) is 73.7 Å². The van der Waals surface area contributed by atoms with Gasteiger partial charge in [0, 0.05) is 51.5 Å². The third kappa shape index (κ3) is 3.98. The number of nitrogens with zero attached hydrogens (tertiary/aromatic N) is 3. The van der Waals surface area contributed by atoms with Crippen LogP contribution in [-0.2, 0) is 0 Å².